The van der Waals surface area contributed by atoms with Crippen molar-refractivity contribution in [3.63, 3.8) is 0 Å². The van der Waals surface area contributed by atoms with Crippen molar-refractivity contribution >= 4 is 38.9 Å². The molecule has 0 atom stereocenters. The van der Waals surface area contributed by atoms with Gasteiger partial charge < -0.3 is 0 Å². The molecule has 0 radical (unpaired) electrons. The molecule has 0 fully saturated rings. The van der Waals surface area contributed by atoms with Gasteiger partial charge in [-0.15, -0.1) is 0 Å². The zero-order valence-corrected chi connectivity index (χ0v) is 9.57. The molecule has 0 saturated carbocycles. The predicted octanol–water partition coefficient (Wildman–Crippen LogP) is 1.63. The molecular weight excluding hydrogens is 247 g/mol. The summed E-state index contributed by atoms with van der Waals surface area (Å²) in [6, 6.07) is 4.40. The van der Waals surface area contributed by atoms with Crippen molar-refractivity contribution in [3.05, 3.63) is 28.2 Å². The smallest absolute Gasteiger partial charge is 0.233 e. The van der Waals surface area contributed by atoms with Crippen LogP contribution in [0.1, 0.15) is 0 Å². The minimum absolute atomic E-state index is 0.154. The molecule has 0 saturated heterocycles. The summed E-state index contributed by atoms with van der Waals surface area (Å²) >= 11 is 11.4. The van der Waals surface area contributed by atoms with Gasteiger partial charge in [0.05, 0.1) is 17.0 Å². The van der Waals surface area contributed by atoms with Gasteiger partial charge in [0, 0.05) is 5.02 Å². The van der Waals surface area contributed by atoms with Crippen molar-refractivity contribution < 1.29 is 8.42 Å². The third-order valence-corrected chi connectivity index (χ3v) is 2.97. The lowest BCUT2D eigenvalue weighted by Crippen LogP contribution is -2.36. The summed E-state index contributed by atoms with van der Waals surface area (Å²) in [4.78, 5) is 0. The highest BCUT2D eigenvalue weighted by Crippen LogP contribution is 2.28. The molecule has 0 aliphatic carbocycles. The summed E-state index contributed by atoms with van der Waals surface area (Å²) in [5, 5.41) is 0.589. The average molecular weight is 255 g/mol. The molecule has 2 N–H and O–H groups in total. The van der Waals surface area contributed by atoms with Crippen LogP contribution in [-0.4, -0.2) is 14.7 Å². The standard InChI is InChI=1S/C7H8Cl2N2O2S/c1-14(12,13)11(10)7-4-5(8)2-3-6(7)9/h2-4H,10H2,1H3. The van der Waals surface area contributed by atoms with Crippen LogP contribution in [0.4, 0.5) is 5.69 Å². The van der Waals surface area contributed by atoms with Crippen LogP contribution < -0.4 is 10.3 Å². The van der Waals surface area contributed by atoms with E-state index in [1.807, 2.05) is 0 Å². The van der Waals surface area contributed by atoms with Crippen molar-refractivity contribution in [2.75, 3.05) is 10.7 Å². The van der Waals surface area contributed by atoms with Gasteiger partial charge in [-0.05, 0) is 18.2 Å². The molecule has 0 bridgehead atoms. The SMILES string of the molecule is CS(=O)(=O)N(N)c1cc(Cl)ccc1Cl. The molecular formula is C7H8Cl2N2O2S. The second kappa shape index (κ2) is 3.94. The molecule has 4 nitrogen and oxygen atoms in total. The van der Waals surface area contributed by atoms with Crippen LogP contribution in [0.25, 0.3) is 0 Å². The minimum Gasteiger partial charge on any atom is -0.233 e. The number of nitrogens with two attached hydrogens (primary N) is 1. The Morgan fingerprint density at radius 2 is 1.93 bits per heavy atom. The maximum Gasteiger partial charge on any atom is 0.245 e. The Kier molecular flexibility index (Phi) is 3.26. The van der Waals surface area contributed by atoms with E-state index in [0.29, 0.717) is 9.44 Å². The first kappa shape index (κ1) is 11.6. The Balaban J connectivity index is 3.26. The molecule has 1 aromatic rings. The van der Waals surface area contributed by atoms with Gasteiger partial charge in [-0.1, -0.05) is 23.2 Å². The molecule has 0 aliphatic heterocycles. The van der Waals surface area contributed by atoms with E-state index in [2.05, 4.69) is 0 Å². The Bertz CT molecular complexity index is 447. The fourth-order valence-corrected chi connectivity index (χ4v) is 1.77. The van der Waals surface area contributed by atoms with Gasteiger partial charge in [-0.3, -0.25) is 0 Å². The lowest BCUT2D eigenvalue weighted by molar-refractivity contribution is 0.598. The van der Waals surface area contributed by atoms with E-state index in [0.717, 1.165) is 6.26 Å². The first-order valence-electron chi connectivity index (χ1n) is 3.52. The fraction of sp³-hybridized carbons (Fsp3) is 0.143. The van der Waals surface area contributed by atoms with Crippen LogP contribution in [0.2, 0.25) is 10.0 Å². The van der Waals surface area contributed by atoms with Crippen molar-refractivity contribution in [2.45, 2.75) is 0 Å². The van der Waals surface area contributed by atoms with E-state index in [4.69, 9.17) is 29.0 Å². The van der Waals surface area contributed by atoms with Gasteiger partial charge in [-0.25, -0.2) is 18.7 Å². The van der Waals surface area contributed by atoms with Crippen molar-refractivity contribution in [1.29, 1.82) is 0 Å². The Labute approximate surface area is 92.2 Å². The number of hydrogen-bond acceptors (Lipinski definition) is 3. The second-order valence-electron chi connectivity index (χ2n) is 2.65. The maximum atomic E-state index is 11.1. The first-order valence-corrected chi connectivity index (χ1v) is 6.13. The normalized spacial score (nSPS) is 11.4. The van der Waals surface area contributed by atoms with Gasteiger partial charge >= 0.3 is 0 Å². The summed E-state index contributed by atoms with van der Waals surface area (Å²) in [6.45, 7) is 0. The fourth-order valence-electron chi connectivity index (χ4n) is 0.833. The molecule has 78 valence electrons. The second-order valence-corrected chi connectivity index (χ2v) is 5.36. The van der Waals surface area contributed by atoms with E-state index in [1.54, 1.807) is 6.07 Å². The number of sulfonamides is 1. The topological polar surface area (TPSA) is 63.4 Å². The van der Waals surface area contributed by atoms with Crippen LogP contribution in [0, 0.1) is 0 Å². The maximum absolute atomic E-state index is 11.1. The van der Waals surface area contributed by atoms with Crippen molar-refractivity contribution in [3.8, 4) is 0 Å². The molecule has 0 unspecified atom stereocenters. The highest BCUT2D eigenvalue weighted by Gasteiger charge is 2.16. The van der Waals surface area contributed by atoms with Crippen molar-refractivity contribution in [1.82, 2.24) is 0 Å². The predicted molar refractivity (Wildman–Crippen MR) is 58.0 cm³/mol. The lowest BCUT2D eigenvalue weighted by atomic mass is 10.3. The molecule has 7 heteroatoms. The van der Waals surface area contributed by atoms with E-state index in [-0.39, 0.29) is 10.7 Å². The average Bonchev–Trinajstić information content (AvgIpc) is 2.06. The number of hydrazine groups is 1. The Hall–Kier alpha value is -0.490. The van der Waals surface area contributed by atoms with Gasteiger partial charge in [0.25, 0.3) is 0 Å². The molecule has 0 amide bonds. The highest BCUT2D eigenvalue weighted by molar-refractivity contribution is 7.92. The van der Waals surface area contributed by atoms with Gasteiger partial charge in [-0.2, -0.15) is 0 Å². The Morgan fingerprint density at radius 3 is 2.43 bits per heavy atom. The highest BCUT2D eigenvalue weighted by atomic mass is 35.5. The zero-order chi connectivity index (χ0) is 10.9. The molecule has 0 spiro atoms. The molecule has 0 heterocycles. The van der Waals surface area contributed by atoms with Gasteiger partial charge in [0.2, 0.25) is 10.0 Å². The summed E-state index contributed by atoms with van der Waals surface area (Å²) < 4.78 is 22.8. The molecule has 14 heavy (non-hydrogen) atoms. The summed E-state index contributed by atoms with van der Waals surface area (Å²) in [5.74, 6) is 5.34. The lowest BCUT2D eigenvalue weighted by Gasteiger charge is -2.17. The van der Waals surface area contributed by atoms with E-state index in [9.17, 15) is 8.42 Å². The van der Waals surface area contributed by atoms with Gasteiger partial charge in [0.1, 0.15) is 0 Å². The van der Waals surface area contributed by atoms with Crippen LogP contribution >= 0.6 is 23.2 Å². The molecule has 1 aromatic carbocycles. The third kappa shape index (κ3) is 2.51. The molecule has 0 aromatic heterocycles. The van der Waals surface area contributed by atoms with Crippen LogP contribution in [0.3, 0.4) is 0 Å². The monoisotopic (exact) mass is 254 g/mol. The molecule has 0 aliphatic rings. The van der Waals surface area contributed by atoms with Crippen LogP contribution in [0.15, 0.2) is 18.2 Å². The molecule has 1 rings (SSSR count). The van der Waals surface area contributed by atoms with E-state index >= 15 is 0 Å². The minimum atomic E-state index is -3.53. The Morgan fingerprint density at radius 1 is 1.36 bits per heavy atom. The number of rotatable bonds is 2. The van der Waals surface area contributed by atoms with E-state index in [1.165, 1.54) is 12.1 Å². The van der Waals surface area contributed by atoms with Crippen LogP contribution in [0.5, 0.6) is 0 Å². The number of nitrogens with zero attached hydrogens (tertiary/aromatic N) is 1. The van der Waals surface area contributed by atoms with E-state index < -0.39 is 10.0 Å². The first-order chi connectivity index (χ1) is 6.32. The zero-order valence-electron chi connectivity index (χ0n) is 7.24. The largest absolute Gasteiger partial charge is 0.245 e. The quantitative estimate of drug-likeness (QED) is 0.645. The summed E-state index contributed by atoms with van der Waals surface area (Å²) in [6.07, 6.45) is 0.976. The van der Waals surface area contributed by atoms with Crippen molar-refractivity contribution in [2.24, 2.45) is 5.84 Å². The number of hydrogen-bond donors (Lipinski definition) is 1. The summed E-state index contributed by atoms with van der Waals surface area (Å²) in [5.41, 5.74) is 0.154. The third-order valence-electron chi connectivity index (χ3n) is 1.50. The summed E-state index contributed by atoms with van der Waals surface area (Å²) in [7, 11) is -3.53. The number of halogens is 2. The number of anilines is 1. The van der Waals surface area contributed by atoms with Crippen LogP contribution in [-0.2, 0) is 10.0 Å². The van der Waals surface area contributed by atoms with Gasteiger partial charge in [0.15, 0.2) is 0 Å². The number of benzene rings is 1.